The predicted molar refractivity (Wildman–Crippen MR) is 137 cm³/mol. The molecule has 0 fully saturated rings. The molecule has 15 heteroatoms. The second-order valence-electron chi connectivity index (χ2n) is 8.50. The molecule has 0 unspecified atom stereocenters. The van der Waals surface area contributed by atoms with Crippen LogP contribution >= 0.6 is 0 Å². The van der Waals surface area contributed by atoms with Crippen LogP contribution in [0.25, 0.3) is 0 Å². The summed E-state index contributed by atoms with van der Waals surface area (Å²) in [4.78, 5) is 10.8. The van der Waals surface area contributed by atoms with Gasteiger partial charge in [0.25, 0.3) is 15.9 Å². The highest BCUT2D eigenvalue weighted by Crippen LogP contribution is 2.29. The maximum absolute atomic E-state index is 14.2. The van der Waals surface area contributed by atoms with Gasteiger partial charge in [0.2, 0.25) is 5.82 Å². The molecule has 0 bridgehead atoms. The molecule has 0 saturated heterocycles. The van der Waals surface area contributed by atoms with Crippen molar-refractivity contribution in [1.29, 1.82) is 0 Å². The Hall–Kier alpha value is -4.66. The number of H-pyrrole nitrogens is 1. The number of anilines is 2. The average molecular weight is 597 g/mol. The number of rotatable bonds is 10. The van der Waals surface area contributed by atoms with E-state index in [4.69, 9.17) is 9.47 Å². The lowest BCUT2D eigenvalue weighted by Gasteiger charge is -2.14. The number of carbonyl (C=O) groups excluding carboxylic acids is 1. The summed E-state index contributed by atoms with van der Waals surface area (Å²) in [5.74, 6) is -12.1. The minimum Gasteiger partial charge on any atom is -0.497 e. The number of sulfonamides is 1. The maximum Gasteiger partial charge on any atom is 0.268 e. The molecule has 0 aliphatic carbocycles. The molecule has 1 aromatic heterocycles. The number of nitrogens with zero attached hydrogens (tertiary/aromatic N) is 1. The molecule has 0 spiro atoms. The Kier molecular flexibility index (Phi) is 8.47. The van der Waals surface area contributed by atoms with Gasteiger partial charge in [0, 0.05) is 17.8 Å². The van der Waals surface area contributed by atoms with Crippen molar-refractivity contribution in [2.45, 2.75) is 17.7 Å². The molecule has 41 heavy (non-hydrogen) atoms. The van der Waals surface area contributed by atoms with Crippen LogP contribution in [0, 0.1) is 29.1 Å². The first-order valence-electron chi connectivity index (χ1n) is 11.7. The SMILES string of the molecule is COc1cc(CCc2cc(NC(=O)c3ccccc3NS(=O)(=O)c3c(F)c(F)c(F)c(F)c3F)n[nH]2)cc(OC)c1. The van der Waals surface area contributed by atoms with Gasteiger partial charge in [-0.05, 0) is 42.7 Å². The summed E-state index contributed by atoms with van der Waals surface area (Å²) in [5.41, 5.74) is 0.739. The zero-order chi connectivity index (χ0) is 29.9. The molecule has 3 aromatic carbocycles. The molecule has 216 valence electrons. The van der Waals surface area contributed by atoms with Gasteiger partial charge in [-0.2, -0.15) is 5.10 Å². The van der Waals surface area contributed by atoms with Crippen molar-refractivity contribution in [3.8, 4) is 11.5 Å². The van der Waals surface area contributed by atoms with Gasteiger partial charge in [-0.1, -0.05) is 12.1 Å². The van der Waals surface area contributed by atoms with Crippen LogP contribution in [0.3, 0.4) is 0 Å². The number of hydrogen-bond acceptors (Lipinski definition) is 6. The van der Waals surface area contributed by atoms with Crippen LogP contribution in [0.1, 0.15) is 21.6 Å². The number of aromatic amines is 1. The number of aryl methyl sites for hydroxylation is 2. The van der Waals surface area contributed by atoms with Crippen LogP contribution < -0.4 is 19.5 Å². The maximum atomic E-state index is 14.2. The van der Waals surface area contributed by atoms with Crippen LogP contribution in [0.15, 0.2) is 53.4 Å². The molecule has 0 aliphatic heterocycles. The number of nitrogens with one attached hydrogen (secondary N) is 3. The fourth-order valence-corrected chi connectivity index (χ4v) is 5.03. The number of ether oxygens (including phenoxy) is 2. The van der Waals surface area contributed by atoms with E-state index in [1.807, 2.05) is 12.1 Å². The Balaban J connectivity index is 1.51. The molecular weight excluding hydrogens is 575 g/mol. The lowest BCUT2D eigenvalue weighted by Crippen LogP contribution is -2.22. The summed E-state index contributed by atoms with van der Waals surface area (Å²) in [6, 6.07) is 11.8. The van der Waals surface area contributed by atoms with E-state index >= 15 is 0 Å². The van der Waals surface area contributed by atoms with Crippen LogP contribution in [0.5, 0.6) is 11.5 Å². The van der Waals surface area contributed by atoms with E-state index in [2.05, 4.69) is 15.5 Å². The molecule has 1 amide bonds. The van der Waals surface area contributed by atoms with Gasteiger partial charge in [-0.15, -0.1) is 0 Å². The van der Waals surface area contributed by atoms with Gasteiger partial charge in [0.05, 0.1) is 25.5 Å². The highest BCUT2D eigenvalue weighted by Gasteiger charge is 2.34. The molecule has 3 N–H and O–H groups in total. The van der Waals surface area contributed by atoms with Crippen LogP contribution in [-0.2, 0) is 22.9 Å². The zero-order valence-electron chi connectivity index (χ0n) is 21.3. The highest BCUT2D eigenvalue weighted by atomic mass is 32.2. The van der Waals surface area contributed by atoms with Crippen LogP contribution in [0.2, 0.25) is 0 Å². The lowest BCUT2D eigenvalue weighted by molar-refractivity contribution is 0.102. The lowest BCUT2D eigenvalue weighted by atomic mass is 10.1. The number of para-hydroxylation sites is 1. The second-order valence-corrected chi connectivity index (χ2v) is 10.1. The first-order chi connectivity index (χ1) is 19.4. The molecular formula is C26H21F5N4O5S. The van der Waals surface area contributed by atoms with Gasteiger partial charge in [-0.25, -0.2) is 30.4 Å². The third-order valence-electron chi connectivity index (χ3n) is 5.82. The molecule has 4 rings (SSSR count). The molecule has 1 heterocycles. The summed E-state index contributed by atoms with van der Waals surface area (Å²) in [6.45, 7) is 0. The summed E-state index contributed by atoms with van der Waals surface area (Å²) in [5, 5.41) is 9.22. The van der Waals surface area contributed by atoms with Crippen molar-refractivity contribution < 1.29 is 44.6 Å². The number of benzene rings is 3. The number of aromatic nitrogens is 2. The monoisotopic (exact) mass is 596 g/mol. The number of methoxy groups -OCH3 is 2. The number of amides is 1. The van der Waals surface area contributed by atoms with Crippen molar-refractivity contribution in [2.24, 2.45) is 0 Å². The zero-order valence-corrected chi connectivity index (χ0v) is 22.1. The molecule has 0 atom stereocenters. The summed E-state index contributed by atoms with van der Waals surface area (Å²) in [7, 11) is -2.31. The molecule has 0 saturated carbocycles. The molecule has 4 aromatic rings. The van der Waals surface area contributed by atoms with E-state index in [0.717, 1.165) is 11.6 Å². The van der Waals surface area contributed by atoms with Crippen molar-refractivity contribution >= 4 is 27.4 Å². The first-order valence-corrected chi connectivity index (χ1v) is 13.1. The smallest absolute Gasteiger partial charge is 0.268 e. The number of halogens is 5. The van der Waals surface area contributed by atoms with E-state index in [9.17, 15) is 35.2 Å². The average Bonchev–Trinajstić information content (AvgIpc) is 3.40. The van der Waals surface area contributed by atoms with E-state index in [1.54, 1.807) is 10.8 Å². The van der Waals surface area contributed by atoms with Crippen molar-refractivity contribution in [3.05, 3.63) is 94.4 Å². The van der Waals surface area contributed by atoms with Gasteiger partial charge >= 0.3 is 0 Å². The summed E-state index contributed by atoms with van der Waals surface area (Å²) >= 11 is 0. The quantitative estimate of drug-likeness (QED) is 0.135. The molecule has 0 radical (unpaired) electrons. The van der Waals surface area contributed by atoms with E-state index in [1.165, 1.54) is 38.5 Å². The van der Waals surface area contributed by atoms with Gasteiger partial charge < -0.3 is 14.8 Å². The first kappa shape index (κ1) is 29.3. The largest absolute Gasteiger partial charge is 0.497 e. The van der Waals surface area contributed by atoms with Crippen LogP contribution in [0.4, 0.5) is 33.5 Å². The van der Waals surface area contributed by atoms with E-state index < -0.39 is 55.6 Å². The third-order valence-corrected chi connectivity index (χ3v) is 7.21. The van der Waals surface area contributed by atoms with Gasteiger partial charge in [-0.3, -0.25) is 14.6 Å². The Bertz CT molecular complexity index is 1680. The highest BCUT2D eigenvalue weighted by molar-refractivity contribution is 7.92. The van der Waals surface area contributed by atoms with Crippen molar-refractivity contribution in [2.75, 3.05) is 24.3 Å². The standard InChI is InChI=1S/C26H21F5N4O5S/c1-39-15-9-13(10-16(12-15)40-2)7-8-14-11-19(34-33-14)32-26(36)17-5-3-4-6-18(17)35-41(37,38)25-23(30)21(28)20(27)22(29)24(25)31/h3-6,9-12,35H,7-8H2,1-2H3,(H2,32,33,34,36). The Morgan fingerprint density at radius 2 is 1.44 bits per heavy atom. The molecule has 9 nitrogen and oxygen atoms in total. The van der Waals surface area contributed by atoms with E-state index in [-0.39, 0.29) is 11.4 Å². The predicted octanol–water partition coefficient (Wildman–Crippen LogP) is 4.96. The van der Waals surface area contributed by atoms with E-state index in [0.29, 0.717) is 30.0 Å². The number of carbonyl (C=O) groups is 1. The summed E-state index contributed by atoms with van der Waals surface area (Å²) in [6.07, 6.45) is 1.04. The van der Waals surface area contributed by atoms with Crippen molar-refractivity contribution in [1.82, 2.24) is 10.2 Å². The van der Waals surface area contributed by atoms with Gasteiger partial charge in [0.15, 0.2) is 34.0 Å². The minimum absolute atomic E-state index is 0.0747. The Morgan fingerprint density at radius 1 is 0.854 bits per heavy atom. The fraction of sp³-hybridized carbons (Fsp3) is 0.154. The fourth-order valence-electron chi connectivity index (χ4n) is 3.81. The topological polar surface area (TPSA) is 122 Å². The van der Waals surface area contributed by atoms with Gasteiger partial charge in [0.1, 0.15) is 11.5 Å². The summed E-state index contributed by atoms with van der Waals surface area (Å²) < 4.78 is 106. The normalized spacial score (nSPS) is 11.3. The minimum atomic E-state index is -5.37. The number of hydrogen-bond donors (Lipinski definition) is 3. The second kappa shape index (κ2) is 11.8. The van der Waals surface area contributed by atoms with Crippen LogP contribution in [-0.4, -0.2) is 38.7 Å². The third kappa shape index (κ3) is 6.24. The Labute approximate surface area is 230 Å². The Morgan fingerprint density at radius 3 is 2.05 bits per heavy atom. The van der Waals surface area contributed by atoms with Crippen molar-refractivity contribution in [3.63, 3.8) is 0 Å². The molecule has 0 aliphatic rings.